The van der Waals surface area contributed by atoms with Gasteiger partial charge in [0.05, 0.1) is 18.8 Å². The zero-order valence-electron chi connectivity index (χ0n) is 18.3. The van der Waals surface area contributed by atoms with Gasteiger partial charge in [0.2, 0.25) is 17.7 Å². The molecule has 0 aliphatic rings. The number of rotatable bonds is 14. The summed E-state index contributed by atoms with van der Waals surface area (Å²) in [5, 5.41) is 25.3. The van der Waals surface area contributed by atoms with E-state index in [1.54, 1.807) is 0 Å². The number of carboxylic acid groups (broad SMARTS) is 2. The van der Waals surface area contributed by atoms with E-state index in [1.807, 2.05) is 13.8 Å². The number of imidazole rings is 1. The first kappa shape index (κ1) is 27.9. The second-order valence-corrected chi connectivity index (χ2v) is 8.18. The number of carbonyl (C=O) groups excluding carboxylic acids is 3. The highest BCUT2D eigenvalue weighted by molar-refractivity contribution is 7.80. The molecule has 14 heteroatoms. The summed E-state index contributed by atoms with van der Waals surface area (Å²) in [5.41, 5.74) is 6.12. The summed E-state index contributed by atoms with van der Waals surface area (Å²) in [4.78, 5) is 66.8. The standard InChI is InChI=1S/C19H30N6O7S/c1-9(2)3-12(23-16(28)11(20)7-33)17(29)24-13(4-10-6-21-8-22-10)18(30)25-14(19(31)32)5-15(26)27/h6,8-9,11-14,33H,3-5,7,20H2,1-2H3,(H,21,22)(H,23,28)(H,24,29)(H,25,30)(H,26,27)(H,31,32). The smallest absolute Gasteiger partial charge is 0.326 e. The Balaban J connectivity index is 3.07. The molecule has 0 saturated carbocycles. The Morgan fingerprint density at radius 1 is 1.03 bits per heavy atom. The van der Waals surface area contributed by atoms with E-state index >= 15 is 0 Å². The molecule has 1 aromatic heterocycles. The molecule has 13 nitrogen and oxygen atoms in total. The molecule has 3 amide bonds. The molecule has 1 heterocycles. The van der Waals surface area contributed by atoms with Gasteiger partial charge >= 0.3 is 11.9 Å². The van der Waals surface area contributed by atoms with Gasteiger partial charge in [-0.25, -0.2) is 9.78 Å². The van der Waals surface area contributed by atoms with Gasteiger partial charge in [-0.15, -0.1) is 0 Å². The Bertz CT molecular complexity index is 833. The number of H-pyrrole nitrogens is 1. The molecule has 0 spiro atoms. The van der Waals surface area contributed by atoms with E-state index in [0.717, 1.165) is 0 Å². The maximum absolute atomic E-state index is 13.0. The number of carboxylic acids is 2. The summed E-state index contributed by atoms with van der Waals surface area (Å²) in [7, 11) is 0. The van der Waals surface area contributed by atoms with E-state index in [-0.39, 0.29) is 24.5 Å². The second kappa shape index (κ2) is 13.4. The number of nitrogens with zero attached hydrogens (tertiary/aromatic N) is 1. The third-order valence-electron chi connectivity index (χ3n) is 4.48. The third-order valence-corrected chi connectivity index (χ3v) is 4.87. The molecule has 4 atom stereocenters. The van der Waals surface area contributed by atoms with E-state index in [2.05, 4.69) is 38.5 Å². The molecule has 0 aromatic carbocycles. The minimum absolute atomic E-state index is 0.000108. The highest BCUT2D eigenvalue weighted by atomic mass is 32.1. The molecule has 1 aromatic rings. The third kappa shape index (κ3) is 9.91. The number of nitrogens with one attached hydrogen (secondary N) is 4. The predicted molar refractivity (Wildman–Crippen MR) is 119 cm³/mol. The molecule has 33 heavy (non-hydrogen) atoms. The summed E-state index contributed by atoms with van der Waals surface area (Å²) in [5.74, 6) is -5.08. The Kier molecular flexibility index (Phi) is 11.4. The Morgan fingerprint density at radius 3 is 2.09 bits per heavy atom. The van der Waals surface area contributed by atoms with E-state index in [4.69, 9.17) is 10.8 Å². The van der Waals surface area contributed by atoms with Crippen molar-refractivity contribution in [3.63, 3.8) is 0 Å². The predicted octanol–water partition coefficient (Wildman–Crippen LogP) is -1.73. The van der Waals surface area contributed by atoms with Gasteiger partial charge in [-0.3, -0.25) is 19.2 Å². The lowest BCUT2D eigenvalue weighted by molar-refractivity contribution is -0.147. The van der Waals surface area contributed by atoms with Gasteiger partial charge in [0, 0.05) is 24.1 Å². The lowest BCUT2D eigenvalue weighted by atomic mass is 10.0. The van der Waals surface area contributed by atoms with Crippen LogP contribution < -0.4 is 21.7 Å². The summed E-state index contributed by atoms with van der Waals surface area (Å²) < 4.78 is 0. The van der Waals surface area contributed by atoms with Gasteiger partial charge in [-0.1, -0.05) is 13.8 Å². The van der Waals surface area contributed by atoms with Crippen LogP contribution in [0.4, 0.5) is 0 Å². The number of aromatic amines is 1. The molecular formula is C19H30N6O7S. The maximum atomic E-state index is 13.0. The van der Waals surface area contributed by atoms with Crippen molar-refractivity contribution in [2.24, 2.45) is 11.7 Å². The molecule has 4 unspecified atom stereocenters. The molecule has 1 rings (SSSR count). The Morgan fingerprint density at radius 2 is 1.61 bits per heavy atom. The fraction of sp³-hybridized carbons (Fsp3) is 0.579. The number of aliphatic carboxylic acids is 2. The van der Waals surface area contributed by atoms with Crippen molar-refractivity contribution < 1.29 is 34.2 Å². The second-order valence-electron chi connectivity index (χ2n) is 7.82. The van der Waals surface area contributed by atoms with Crippen LogP contribution in [0.5, 0.6) is 0 Å². The van der Waals surface area contributed by atoms with Crippen molar-refractivity contribution >= 4 is 42.3 Å². The molecular weight excluding hydrogens is 456 g/mol. The van der Waals surface area contributed by atoms with Crippen LogP contribution >= 0.6 is 12.6 Å². The van der Waals surface area contributed by atoms with Crippen molar-refractivity contribution in [3.05, 3.63) is 18.2 Å². The Hall–Kier alpha value is -3.13. The number of carbonyl (C=O) groups is 5. The fourth-order valence-corrected chi connectivity index (χ4v) is 2.98. The fourth-order valence-electron chi connectivity index (χ4n) is 2.81. The van der Waals surface area contributed by atoms with E-state index in [0.29, 0.717) is 5.69 Å². The maximum Gasteiger partial charge on any atom is 0.326 e. The van der Waals surface area contributed by atoms with Crippen LogP contribution in [0.2, 0.25) is 0 Å². The van der Waals surface area contributed by atoms with Crippen molar-refractivity contribution in [1.82, 2.24) is 25.9 Å². The summed E-state index contributed by atoms with van der Waals surface area (Å²) >= 11 is 3.96. The topological polar surface area (TPSA) is 217 Å². The first-order valence-electron chi connectivity index (χ1n) is 10.1. The normalized spacial score (nSPS) is 14.6. The number of amides is 3. The quantitative estimate of drug-likeness (QED) is 0.140. The van der Waals surface area contributed by atoms with Gasteiger partial charge in [0.15, 0.2) is 0 Å². The molecule has 0 saturated heterocycles. The van der Waals surface area contributed by atoms with Gasteiger partial charge < -0.3 is 36.9 Å². The number of nitrogens with two attached hydrogens (primary N) is 1. The van der Waals surface area contributed by atoms with Crippen LogP contribution in [0.3, 0.4) is 0 Å². The van der Waals surface area contributed by atoms with Crippen LogP contribution in [0.1, 0.15) is 32.4 Å². The SMILES string of the molecule is CC(C)CC(NC(=O)C(N)CS)C(=O)NC(Cc1cnc[nH]1)C(=O)NC(CC(=O)O)C(=O)O. The lowest BCUT2D eigenvalue weighted by Gasteiger charge is -2.25. The average molecular weight is 487 g/mol. The van der Waals surface area contributed by atoms with Crippen LogP contribution in [0.25, 0.3) is 0 Å². The summed E-state index contributed by atoms with van der Waals surface area (Å²) in [6.45, 7) is 3.67. The highest BCUT2D eigenvalue weighted by Crippen LogP contribution is 2.08. The first-order chi connectivity index (χ1) is 15.4. The van der Waals surface area contributed by atoms with Crippen LogP contribution in [0.15, 0.2) is 12.5 Å². The van der Waals surface area contributed by atoms with Crippen molar-refractivity contribution in [1.29, 1.82) is 0 Å². The van der Waals surface area contributed by atoms with E-state index < -0.39 is 60.2 Å². The minimum atomic E-state index is -1.70. The number of aromatic nitrogens is 2. The van der Waals surface area contributed by atoms with Crippen LogP contribution in [0, 0.1) is 5.92 Å². The van der Waals surface area contributed by atoms with Gasteiger partial charge in [-0.2, -0.15) is 12.6 Å². The van der Waals surface area contributed by atoms with Crippen molar-refractivity contribution in [2.45, 2.75) is 57.3 Å². The molecule has 0 bridgehead atoms. The average Bonchev–Trinajstić information content (AvgIpc) is 3.23. The highest BCUT2D eigenvalue weighted by Gasteiger charge is 2.31. The zero-order valence-corrected chi connectivity index (χ0v) is 19.2. The van der Waals surface area contributed by atoms with Crippen molar-refractivity contribution in [2.75, 3.05) is 5.75 Å². The largest absolute Gasteiger partial charge is 0.481 e. The van der Waals surface area contributed by atoms with Gasteiger partial charge in [0.1, 0.15) is 18.1 Å². The molecule has 184 valence electrons. The van der Waals surface area contributed by atoms with Gasteiger partial charge in [-0.05, 0) is 12.3 Å². The van der Waals surface area contributed by atoms with Crippen LogP contribution in [-0.4, -0.2) is 79.8 Å². The lowest BCUT2D eigenvalue weighted by Crippen LogP contribution is -2.58. The number of hydrogen-bond donors (Lipinski definition) is 8. The molecule has 0 aliphatic carbocycles. The van der Waals surface area contributed by atoms with Crippen LogP contribution in [-0.2, 0) is 30.4 Å². The van der Waals surface area contributed by atoms with E-state index in [1.165, 1.54) is 12.5 Å². The number of thiol groups is 1. The molecule has 8 N–H and O–H groups in total. The summed E-state index contributed by atoms with van der Waals surface area (Å²) in [6, 6.07) is -4.93. The van der Waals surface area contributed by atoms with Crippen molar-refractivity contribution in [3.8, 4) is 0 Å². The first-order valence-corrected chi connectivity index (χ1v) is 10.8. The molecule has 0 radical (unpaired) electrons. The molecule has 0 aliphatic heterocycles. The monoisotopic (exact) mass is 486 g/mol. The minimum Gasteiger partial charge on any atom is -0.481 e. The van der Waals surface area contributed by atoms with E-state index in [9.17, 15) is 29.1 Å². The molecule has 0 fully saturated rings. The zero-order chi connectivity index (χ0) is 25.1. The number of hydrogen-bond acceptors (Lipinski definition) is 8. The Labute approximate surface area is 195 Å². The summed E-state index contributed by atoms with van der Waals surface area (Å²) in [6.07, 6.45) is 2.08. The van der Waals surface area contributed by atoms with Gasteiger partial charge in [0.25, 0.3) is 0 Å².